The van der Waals surface area contributed by atoms with E-state index in [4.69, 9.17) is 10.5 Å². The van der Waals surface area contributed by atoms with Gasteiger partial charge >= 0.3 is 12.0 Å². The minimum atomic E-state index is -0.544. The molecule has 4 aromatic rings. The number of pyridine rings is 2. The summed E-state index contributed by atoms with van der Waals surface area (Å²) in [4.78, 5) is 57.3. The zero-order valence-electron chi connectivity index (χ0n) is 23.9. The summed E-state index contributed by atoms with van der Waals surface area (Å²) in [5.74, 6) is -0.660. The van der Waals surface area contributed by atoms with Gasteiger partial charge in [0.1, 0.15) is 6.10 Å². The van der Waals surface area contributed by atoms with Crippen molar-refractivity contribution in [3.63, 3.8) is 0 Å². The highest BCUT2D eigenvalue weighted by Crippen LogP contribution is 2.30. The molecule has 0 spiro atoms. The summed E-state index contributed by atoms with van der Waals surface area (Å²) < 4.78 is 7.44. The molecule has 2 aromatic carbocycles. The predicted octanol–water partition coefficient (Wildman–Crippen LogP) is 4.01. The average Bonchev–Trinajstić information content (AvgIpc) is 3.83. The van der Waals surface area contributed by atoms with Crippen molar-refractivity contribution in [3.05, 3.63) is 99.7 Å². The number of nitrogens with two attached hydrogens (primary N) is 1. The molecule has 0 radical (unpaired) electrons. The van der Waals surface area contributed by atoms with Crippen molar-refractivity contribution >= 4 is 28.7 Å². The molecule has 1 aliphatic carbocycles. The lowest BCUT2D eigenvalue weighted by molar-refractivity contribution is 0.0157. The first-order valence-corrected chi connectivity index (χ1v) is 14.5. The summed E-state index contributed by atoms with van der Waals surface area (Å²) in [6, 6.07) is 14.4. The first-order valence-electron chi connectivity index (χ1n) is 14.5. The fraction of sp³-hybridized carbons (Fsp3) is 0.303. The van der Waals surface area contributed by atoms with E-state index in [0.717, 1.165) is 35.1 Å². The molecule has 0 unspecified atom stereocenters. The Bertz CT molecular complexity index is 1770. The standard InChI is InChI=1S/C33H33N5O5/c1-20-2-3-23(30(39)36-24-5-6-24)17-27(20)22-4-7-26-28(16-22)29(19-38(31(26)40)18-21-8-12-35-13-9-21)32(41)43-25-10-14-37(15-11-25)33(34)42/h2-4,7-9,12-13,16-17,19,24-25H,5-6,10-11,14-15,18H2,1H3,(H2,34,42)(H,36,39). The van der Waals surface area contributed by atoms with Gasteiger partial charge in [-0.2, -0.15) is 0 Å². The van der Waals surface area contributed by atoms with E-state index in [1.165, 1.54) is 9.47 Å². The Hall–Kier alpha value is -4.99. The zero-order chi connectivity index (χ0) is 30.1. The monoisotopic (exact) mass is 579 g/mol. The largest absolute Gasteiger partial charge is 0.459 e. The highest BCUT2D eigenvalue weighted by molar-refractivity contribution is 6.05. The molecule has 10 nitrogen and oxygen atoms in total. The number of urea groups is 1. The van der Waals surface area contributed by atoms with Crippen LogP contribution in [0.1, 0.15) is 57.5 Å². The topological polar surface area (TPSA) is 137 Å². The van der Waals surface area contributed by atoms with Crippen LogP contribution in [0.15, 0.2) is 71.9 Å². The number of aryl methyl sites for hydroxylation is 1. The first-order chi connectivity index (χ1) is 20.8. The molecule has 6 rings (SSSR count). The van der Waals surface area contributed by atoms with Crippen molar-refractivity contribution in [1.82, 2.24) is 19.8 Å². The summed E-state index contributed by atoms with van der Waals surface area (Å²) in [5.41, 5.74) is 9.43. The summed E-state index contributed by atoms with van der Waals surface area (Å²) in [6.07, 6.45) is 7.43. The Morgan fingerprint density at radius 1 is 0.977 bits per heavy atom. The number of aromatic nitrogens is 2. The Balaban J connectivity index is 1.39. The van der Waals surface area contributed by atoms with E-state index in [1.54, 1.807) is 24.7 Å². The summed E-state index contributed by atoms with van der Waals surface area (Å²) in [7, 11) is 0. The van der Waals surface area contributed by atoms with Gasteiger partial charge in [0, 0.05) is 66.9 Å². The van der Waals surface area contributed by atoms with Crippen LogP contribution in [0.2, 0.25) is 0 Å². The van der Waals surface area contributed by atoms with Crippen LogP contribution in [0.5, 0.6) is 0 Å². The maximum atomic E-state index is 13.7. The second-order valence-corrected chi connectivity index (χ2v) is 11.3. The van der Waals surface area contributed by atoms with Crippen molar-refractivity contribution in [1.29, 1.82) is 0 Å². The molecule has 0 bridgehead atoms. The van der Waals surface area contributed by atoms with Crippen LogP contribution in [0.25, 0.3) is 21.9 Å². The SMILES string of the molecule is Cc1ccc(C(=O)NC2CC2)cc1-c1ccc2c(=O)n(Cc3ccncc3)cc(C(=O)OC3CCN(C(N)=O)CC3)c2c1. The van der Waals surface area contributed by atoms with Crippen LogP contribution in [0.3, 0.4) is 0 Å². The number of rotatable bonds is 7. The van der Waals surface area contributed by atoms with Gasteiger partial charge < -0.3 is 25.3 Å². The molecular weight excluding hydrogens is 546 g/mol. The molecule has 220 valence electrons. The number of carbonyl (C=O) groups excluding carboxylic acids is 3. The summed E-state index contributed by atoms with van der Waals surface area (Å²) >= 11 is 0. The van der Waals surface area contributed by atoms with Crippen molar-refractivity contribution in [2.75, 3.05) is 13.1 Å². The van der Waals surface area contributed by atoms with Gasteiger partial charge in [0.15, 0.2) is 0 Å². The molecule has 3 N–H and O–H groups in total. The van der Waals surface area contributed by atoms with Crippen LogP contribution < -0.4 is 16.6 Å². The number of nitrogens with zero attached hydrogens (tertiary/aromatic N) is 3. The molecule has 43 heavy (non-hydrogen) atoms. The van der Waals surface area contributed by atoms with Gasteiger partial charge in [-0.1, -0.05) is 12.1 Å². The molecule has 1 saturated carbocycles. The fourth-order valence-electron chi connectivity index (χ4n) is 5.50. The molecule has 2 fully saturated rings. The number of esters is 1. The Morgan fingerprint density at radius 3 is 2.42 bits per heavy atom. The van der Waals surface area contributed by atoms with Crippen LogP contribution in [0.4, 0.5) is 4.79 Å². The number of ether oxygens (including phenoxy) is 1. The molecule has 2 aliphatic rings. The lowest BCUT2D eigenvalue weighted by Crippen LogP contribution is -2.44. The van der Waals surface area contributed by atoms with Crippen molar-refractivity contribution in [2.45, 2.75) is 51.3 Å². The minimum absolute atomic E-state index is 0.116. The van der Waals surface area contributed by atoms with E-state index in [-0.39, 0.29) is 35.7 Å². The normalized spacial score (nSPS) is 15.3. The van der Waals surface area contributed by atoms with E-state index in [1.807, 2.05) is 49.4 Å². The second-order valence-electron chi connectivity index (χ2n) is 11.3. The summed E-state index contributed by atoms with van der Waals surface area (Å²) in [5, 5.41) is 3.88. The number of fused-ring (bicyclic) bond motifs is 1. The van der Waals surface area contributed by atoms with E-state index in [0.29, 0.717) is 42.3 Å². The molecule has 1 aliphatic heterocycles. The van der Waals surface area contributed by atoms with Crippen LogP contribution in [0, 0.1) is 6.92 Å². The number of carbonyl (C=O) groups is 3. The van der Waals surface area contributed by atoms with E-state index in [2.05, 4.69) is 10.3 Å². The van der Waals surface area contributed by atoms with Crippen molar-refractivity contribution in [3.8, 4) is 11.1 Å². The number of hydrogen-bond donors (Lipinski definition) is 2. The van der Waals surface area contributed by atoms with Crippen molar-refractivity contribution < 1.29 is 19.1 Å². The number of nitrogens with one attached hydrogen (secondary N) is 1. The highest BCUT2D eigenvalue weighted by atomic mass is 16.5. The number of benzene rings is 2. The van der Waals surface area contributed by atoms with E-state index in [9.17, 15) is 19.2 Å². The lowest BCUT2D eigenvalue weighted by Gasteiger charge is -2.30. The number of hydrogen-bond acceptors (Lipinski definition) is 6. The van der Waals surface area contributed by atoms with E-state index >= 15 is 0 Å². The van der Waals surface area contributed by atoms with Crippen LogP contribution in [-0.4, -0.2) is 57.6 Å². The quantitative estimate of drug-likeness (QED) is 0.318. The van der Waals surface area contributed by atoms with E-state index < -0.39 is 12.0 Å². The minimum Gasteiger partial charge on any atom is -0.459 e. The molecule has 3 amide bonds. The van der Waals surface area contributed by atoms with Crippen molar-refractivity contribution in [2.24, 2.45) is 5.73 Å². The molecule has 3 heterocycles. The predicted molar refractivity (Wildman–Crippen MR) is 162 cm³/mol. The fourth-order valence-corrected chi connectivity index (χ4v) is 5.50. The van der Waals surface area contributed by atoms with Gasteiger partial charge in [0.25, 0.3) is 11.5 Å². The van der Waals surface area contributed by atoms with Gasteiger partial charge in [-0.05, 0) is 78.4 Å². The molecule has 2 aromatic heterocycles. The lowest BCUT2D eigenvalue weighted by atomic mass is 9.95. The molecule has 1 saturated heterocycles. The van der Waals surface area contributed by atoms with Crippen LogP contribution >= 0.6 is 0 Å². The third-order valence-electron chi connectivity index (χ3n) is 8.16. The van der Waals surface area contributed by atoms with Gasteiger partial charge in [0.05, 0.1) is 12.1 Å². The van der Waals surface area contributed by atoms with Gasteiger partial charge in [-0.25, -0.2) is 9.59 Å². The van der Waals surface area contributed by atoms with Crippen LogP contribution in [-0.2, 0) is 11.3 Å². The van der Waals surface area contributed by atoms with Gasteiger partial charge in [-0.3, -0.25) is 14.6 Å². The first kappa shape index (κ1) is 28.1. The summed E-state index contributed by atoms with van der Waals surface area (Å²) in [6.45, 7) is 3.03. The van der Waals surface area contributed by atoms with Gasteiger partial charge in [-0.15, -0.1) is 0 Å². The Morgan fingerprint density at radius 2 is 1.72 bits per heavy atom. The number of primary amides is 1. The third kappa shape index (κ3) is 6.13. The Kier molecular flexibility index (Phi) is 7.67. The third-order valence-corrected chi connectivity index (χ3v) is 8.16. The van der Waals surface area contributed by atoms with Gasteiger partial charge in [0.2, 0.25) is 0 Å². The number of piperidine rings is 1. The zero-order valence-corrected chi connectivity index (χ0v) is 23.9. The Labute approximate surface area is 248 Å². The average molecular weight is 580 g/mol. The molecule has 10 heteroatoms. The molecular formula is C33H33N5O5. The highest BCUT2D eigenvalue weighted by Gasteiger charge is 2.27. The maximum absolute atomic E-state index is 13.7. The molecule has 0 atom stereocenters. The number of likely N-dealkylation sites (tertiary alicyclic amines) is 1. The smallest absolute Gasteiger partial charge is 0.340 e. The second kappa shape index (κ2) is 11.7. The number of amides is 3. The maximum Gasteiger partial charge on any atom is 0.340 e.